The summed E-state index contributed by atoms with van der Waals surface area (Å²) in [5.41, 5.74) is 2.89. The van der Waals surface area contributed by atoms with E-state index in [0.29, 0.717) is 28.4 Å². The lowest BCUT2D eigenvalue weighted by Crippen LogP contribution is -2.30. The van der Waals surface area contributed by atoms with Crippen molar-refractivity contribution in [3.8, 4) is 17.2 Å². The highest BCUT2D eigenvalue weighted by Gasteiger charge is 2.17. The molecular weight excluding hydrogens is 388 g/mol. The van der Waals surface area contributed by atoms with Crippen molar-refractivity contribution in [2.45, 2.75) is 13.0 Å². The SMILES string of the molecule is C[C@@H](Oc1cccc2ccccc12)C(=O)Nc1ccc2oc(-c3ccccc3)nc2c1. The first-order valence-electron chi connectivity index (χ1n) is 10.1. The summed E-state index contributed by atoms with van der Waals surface area (Å²) in [6.07, 6.45) is -0.668. The number of aromatic nitrogens is 1. The largest absolute Gasteiger partial charge is 0.480 e. The lowest BCUT2D eigenvalue weighted by Gasteiger charge is -2.16. The molecule has 0 fully saturated rings. The second kappa shape index (κ2) is 7.95. The van der Waals surface area contributed by atoms with E-state index >= 15 is 0 Å². The highest BCUT2D eigenvalue weighted by atomic mass is 16.5. The van der Waals surface area contributed by atoms with Gasteiger partial charge in [-0.25, -0.2) is 4.98 Å². The van der Waals surface area contributed by atoms with Gasteiger partial charge in [-0.15, -0.1) is 0 Å². The van der Waals surface area contributed by atoms with Gasteiger partial charge >= 0.3 is 0 Å². The van der Waals surface area contributed by atoms with Crippen molar-refractivity contribution in [3.05, 3.63) is 91.0 Å². The fraction of sp³-hybridized carbons (Fsp3) is 0.0769. The van der Waals surface area contributed by atoms with E-state index < -0.39 is 6.10 Å². The maximum atomic E-state index is 12.7. The van der Waals surface area contributed by atoms with Crippen LogP contribution < -0.4 is 10.1 Å². The summed E-state index contributed by atoms with van der Waals surface area (Å²) in [6.45, 7) is 1.74. The molecule has 1 amide bonds. The Morgan fingerprint density at radius 3 is 2.58 bits per heavy atom. The van der Waals surface area contributed by atoms with Crippen molar-refractivity contribution >= 4 is 33.5 Å². The second-order valence-corrected chi connectivity index (χ2v) is 7.29. The van der Waals surface area contributed by atoms with Crippen LogP contribution in [0.2, 0.25) is 0 Å². The molecule has 5 nitrogen and oxygen atoms in total. The third-order valence-corrected chi connectivity index (χ3v) is 5.10. The van der Waals surface area contributed by atoms with Gasteiger partial charge in [-0.1, -0.05) is 54.6 Å². The lowest BCUT2D eigenvalue weighted by atomic mass is 10.1. The Balaban J connectivity index is 1.33. The number of fused-ring (bicyclic) bond motifs is 2. The van der Waals surface area contributed by atoms with Crippen LogP contribution in [-0.4, -0.2) is 17.0 Å². The maximum Gasteiger partial charge on any atom is 0.265 e. The molecule has 5 heteroatoms. The molecule has 1 N–H and O–H groups in total. The summed E-state index contributed by atoms with van der Waals surface area (Å²) >= 11 is 0. The molecule has 1 atom stereocenters. The minimum atomic E-state index is -0.668. The number of rotatable bonds is 5. The minimum absolute atomic E-state index is 0.237. The number of amides is 1. The van der Waals surface area contributed by atoms with Crippen LogP contribution >= 0.6 is 0 Å². The summed E-state index contributed by atoms with van der Waals surface area (Å²) in [5.74, 6) is 0.992. The average Bonchev–Trinajstić information content (AvgIpc) is 3.23. The summed E-state index contributed by atoms with van der Waals surface area (Å²) < 4.78 is 11.8. The Morgan fingerprint density at radius 1 is 0.935 bits per heavy atom. The molecular formula is C26H20N2O3. The van der Waals surface area contributed by atoms with Gasteiger partial charge in [0, 0.05) is 16.6 Å². The fourth-order valence-corrected chi connectivity index (χ4v) is 3.50. The Bertz CT molecular complexity index is 1370. The molecule has 31 heavy (non-hydrogen) atoms. The van der Waals surface area contributed by atoms with Gasteiger partial charge in [-0.2, -0.15) is 0 Å². The van der Waals surface area contributed by atoms with E-state index in [1.165, 1.54) is 0 Å². The van der Waals surface area contributed by atoms with Crippen molar-refractivity contribution in [1.29, 1.82) is 0 Å². The number of ether oxygens (including phenoxy) is 1. The predicted octanol–water partition coefficient (Wildman–Crippen LogP) is 6.05. The summed E-state index contributed by atoms with van der Waals surface area (Å²) in [5, 5.41) is 4.95. The zero-order chi connectivity index (χ0) is 21.2. The summed E-state index contributed by atoms with van der Waals surface area (Å²) in [4.78, 5) is 17.3. The number of anilines is 1. The van der Waals surface area contributed by atoms with E-state index in [0.717, 1.165) is 16.3 Å². The molecule has 0 aliphatic heterocycles. The molecule has 4 aromatic carbocycles. The molecule has 1 aromatic heterocycles. The molecule has 152 valence electrons. The third kappa shape index (κ3) is 3.85. The van der Waals surface area contributed by atoms with Crippen LogP contribution in [-0.2, 0) is 4.79 Å². The molecule has 1 heterocycles. The molecule has 0 saturated heterocycles. The van der Waals surface area contributed by atoms with E-state index in [1.54, 1.807) is 25.1 Å². The number of benzene rings is 4. The second-order valence-electron chi connectivity index (χ2n) is 7.29. The topological polar surface area (TPSA) is 64.4 Å². The van der Waals surface area contributed by atoms with Gasteiger partial charge in [0.05, 0.1) is 0 Å². The van der Waals surface area contributed by atoms with Gasteiger partial charge in [0.25, 0.3) is 5.91 Å². The monoisotopic (exact) mass is 408 g/mol. The molecule has 0 unspecified atom stereocenters. The number of oxazole rings is 1. The first-order chi connectivity index (χ1) is 15.2. The highest BCUT2D eigenvalue weighted by molar-refractivity contribution is 5.96. The van der Waals surface area contributed by atoms with Gasteiger partial charge in [0.2, 0.25) is 5.89 Å². The van der Waals surface area contributed by atoms with E-state index in [2.05, 4.69) is 10.3 Å². The van der Waals surface area contributed by atoms with Crippen molar-refractivity contribution in [1.82, 2.24) is 4.98 Å². The zero-order valence-electron chi connectivity index (χ0n) is 16.9. The maximum absolute atomic E-state index is 12.7. The molecule has 0 aliphatic rings. The van der Waals surface area contributed by atoms with Crippen molar-refractivity contribution in [2.75, 3.05) is 5.32 Å². The smallest absolute Gasteiger partial charge is 0.265 e. The Labute approximate surface area is 179 Å². The number of nitrogens with one attached hydrogen (secondary N) is 1. The van der Waals surface area contributed by atoms with E-state index in [1.807, 2.05) is 72.8 Å². The van der Waals surface area contributed by atoms with Gasteiger partial charge in [-0.3, -0.25) is 4.79 Å². The molecule has 0 radical (unpaired) electrons. The number of carbonyl (C=O) groups is 1. The van der Waals surface area contributed by atoms with Crippen molar-refractivity contribution in [2.24, 2.45) is 0 Å². The van der Waals surface area contributed by atoms with Crippen LogP contribution in [0.3, 0.4) is 0 Å². The number of nitrogens with zero attached hydrogens (tertiary/aromatic N) is 1. The van der Waals surface area contributed by atoms with Crippen LogP contribution in [0.15, 0.2) is 95.4 Å². The normalized spacial score (nSPS) is 12.0. The van der Waals surface area contributed by atoms with E-state index in [-0.39, 0.29) is 5.91 Å². The lowest BCUT2D eigenvalue weighted by molar-refractivity contribution is -0.122. The molecule has 0 spiro atoms. The molecule has 5 aromatic rings. The van der Waals surface area contributed by atoms with Gasteiger partial charge in [0.1, 0.15) is 11.3 Å². The molecule has 0 aliphatic carbocycles. The van der Waals surface area contributed by atoms with Crippen LogP contribution in [0.4, 0.5) is 5.69 Å². The minimum Gasteiger partial charge on any atom is -0.480 e. The molecule has 5 rings (SSSR count). The van der Waals surface area contributed by atoms with Crippen molar-refractivity contribution in [3.63, 3.8) is 0 Å². The van der Waals surface area contributed by atoms with E-state index in [4.69, 9.17) is 9.15 Å². The number of hydrogen-bond acceptors (Lipinski definition) is 4. The standard InChI is InChI=1S/C26H20N2O3/c1-17(30-23-13-7-11-18-8-5-6-12-21(18)23)25(29)27-20-14-15-24-22(16-20)28-26(31-24)19-9-3-2-4-10-19/h2-17H,1H3,(H,27,29)/t17-/m1/s1. The Hall–Kier alpha value is -4.12. The number of hydrogen-bond donors (Lipinski definition) is 1. The fourth-order valence-electron chi connectivity index (χ4n) is 3.50. The van der Waals surface area contributed by atoms with Crippen LogP contribution in [0, 0.1) is 0 Å². The quantitative estimate of drug-likeness (QED) is 0.384. The van der Waals surface area contributed by atoms with Gasteiger partial charge in [-0.05, 0) is 48.7 Å². The van der Waals surface area contributed by atoms with Crippen molar-refractivity contribution < 1.29 is 13.9 Å². The average molecular weight is 408 g/mol. The van der Waals surface area contributed by atoms with Crippen LogP contribution in [0.25, 0.3) is 33.3 Å². The number of carbonyl (C=O) groups excluding carboxylic acids is 1. The molecule has 0 bridgehead atoms. The Morgan fingerprint density at radius 2 is 1.71 bits per heavy atom. The first-order valence-corrected chi connectivity index (χ1v) is 10.1. The van der Waals surface area contributed by atoms with Crippen LogP contribution in [0.5, 0.6) is 5.75 Å². The zero-order valence-corrected chi connectivity index (χ0v) is 16.9. The predicted molar refractivity (Wildman–Crippen MR) is 122 cm³/mol. The first kappa shape index (κ1) is 18.9. The third-order valence-electron chi connectivity index (χ3n) is 5.10. The van der Waals surface area contributed by atoms with Gasteiger partial charge in [0.15, 0.2) is 11.7 Å². The van der Waals surface area contributed by atoms with Gasteiger partial charge < -0.3 is 14.5 Å². The summed E-state index contributed by atoms with van der Waals surface area (Å²) in [6, 6.07) is 28.9. The van der Waals surface area contributed by atoms with E-state index in [9.17, 15) is 4.79 Å². The molecule has 0 saturated carbocycles. The highest BCUT2D eigenvalue weighted by Crippen LogP contribution is 2.28. The van der Waals surface area contributed by atoms with Crippen LogP contribution in [0.1, 0.15) is 6.92 Å². The summed E-state index contributed by atoms with van der Waals surface area (Å²) in [7, 11) is 0. The Kier molecular flexibility index (Phi) is 4.84.